The third kappa shape index (κ3) is 5.94. The third-order valence-electron chi connectivity index (χ3n) is 5.09. The highest BCUT2D eigenvalue weighted by molar-refractivity contribution is 5.82. The number of carbonyl (C=O) groups excluding carboxylic acids is 2. The van der Waals surface area contributed by atoms with Crippen molar-refractivity contribution in [1.29, 1.82) is 0 Å². The maximum absolute atomic E-state index is 12.2. The van der Waals surface area contributed by atoms with E-state index < -0.39 is 5.91 Å². The normalized spacial score (nSPS) is 10.5. The summed E-state index contributed by atoms with van der Waals surface area (Å²) < 4.78 is 7.31. The molecule has 0 aliphatic carbocycles. The van der Waals surface area contributed by atoms with E-state index in [1.54, 1.807) is 0 Å². The van der Waals surface area contributed by atoms with Gasteiger partial charge in [0.15, 0.2) is 6.61 Å². The standard InChI is InChI=1S/C24H28N4O3/c1-4-19-10-12-21(13-11-19)31-16-24(30)26-25-23(29)15-14-22-17(2)27-28(18(22)3)20-8-6-5-7-9-20/h5-13H,4,14-16H2,1-3H3,(H,25,29)(H,26,30). The van der Waals surface area contributed by atoms with Crippen LogP contribution >= 0.6 is 0 Å². The number of ether oxygens (including phenoxy) is 1. The van der Waals surface area contributed by atoms with E-state index in [4.69, 9.17) is 4.74 Å². The Labute approximate surface area is 182 Å². The van der Waals surface area contributed by atoms with E-state index in [0.29, 0.717) is 12.2 Å². The first-order valence-corrected chi connectivity index (χ1v) is 10.4. The number of hydrogen-bond acceptors (Lipinski definition) is 4. The van der Waals surface area contributed by atoms with Crippen LogP contribution in [0.2, 0.25) is 0 Å². The molecular formula is C24H28N4O3. The van der Waals surface area contributed by atoms with Crippen molar-refractivity contribution >= 4 is 11.8 Å². The van der Waals surface area contributed by atoms with Crippen LogP contribution in [0.5, 0.6) is 5.75 Å². The molecule has 0 atom stereocenters. The maximum atomic E-state index is 12.2. The molecule has 0 fully saturated rings. The van der Waals surface area contributed by atoms with Gasteiger partial charge in [-0.3, -0.25) is 20.4 Å². The Morgan fingerprint density at radius 3 is 2.32 bits per heavy atom. The highest BCUT2D eigenvalue weighted by atomic mass is 16.5. The second kappa shape index (κ2) is 10.4. The van der Waals surface area contributed by atoms with Gasteiger partial charge in [-0.05, 0) is 62.1 Å². The Morgan fingerprint density at radius 1 is 0.968 bits per heavy atom. The highest BCUT2D eigenvalue weighted by Crippen LogP contribution is 2.19. The summed E-state index contributed by atoms with van der Waals surface area (Å²) in [6.07, 6.45) is 1.72. The number of amides is 2. The van der Waals surface area contributed by atoms with Gasteiger partial charge in [0.2, 0.25) is 5.91 Å². The van der Waals surface area contributed by atoms with Crippen molar-refractivity contribution in [2.45, 2.75) is 40.0 Å². The zero-order valence-corrected chi connectivity index (χ0v) is 18.1. The first-order valence-electron chi connectivity index (χ1n) is 10.4. The summed E-state index contributed by atoms with van der Waals surface area (Å²) in [7, 11) is 0. The van der Waals surface area contributed by atoms with Crippen LogP contribution in [0.1, 0.15) is 35.9 Å². The molecule has 1 aromatic heterocycles. The van der Waals surface area contributed by atoms with Gasteiger partial charge in [-0.15, -0.1) is 0 Å². The van der Waals surface area contributed by atoms with Crippen LogP contribution in [0.15, 0.2) is 54.6 Å². The number of hydrazine groups is 1. The van der Waals surface area contributed by atoms with E-state index >= 15 is 0 Å². The van der Waals surface area contributed by atoms with Crippen molar-refractivity contribution in [2.75, 3.05) is 6.61 Å². The number of hydrogen-bond donors (Lipinski definition) is 2. The second-order valence-electron chi connectivity index (χ2n) is 7.28. The number of para-hydroxylation sites is 1. The molecule has 2 N–H and O–H groups in total. The molecule has 2 amide bonds. The Morgan fingerprint density at radius 2 is 1.65 bits per heavy atom. The highest BCUT2D eigenvalue weighted by Gasteiger charge is 2.14. The molecule has 3 aromatic rings. The molecule has 0 saturated carbocycles. The van der Waals surface area contributed by atoms with Gasteiger partial charge in [-0.25, -0.2) is 4.68 Å². The molecule has 0 spiro atoms. The minimum absolute atomic E-state index is 0.173. The van der Waals surface area contributed by atoms with Crippen LogP contribution in [0, 0.1) is 13.8 Å². The average molecular weight is 421 g/mol. The van der Waals surface area contributed by atoms with E-state index in [0.717, 1.165) is 29.1 Å². The lowest BCUT2D eigenvalue weighted by molar-refractivity contribution is -0.130. The van der Waals surface area contributed by atoms with E-state index in [9.17, 15) is 9.59 Å². The number of nitrogens with zero attached hydrogens (tertiary/aromatic N) is 2. The van der Waals surface area contributed by atoms with Crippen LogP contribution in [-0.2, 0) is 22.4 Å². The quantitative estimate of drug-likeness (QED) is 0.548. The van der Waals surface area contributed by atoms with E-state index in [2.05, 4.69) is 22.9 Å². The molecule has 7 nitrogen and oxygen atoms in total. The summed E-state index contributed by atoms with van der Waals surface area (Å²) in [5.74, 6) is -0.0795. The lowest BCUT2D eigenvalue weighted by atomic mass is 10.1. The summed E-state index contributed by atoms with van der Waals surface area (Å²) in [4.78, 5) is 24.1. The first-order chi connectivity index (χ1) is 15.0. The molecule has 31 heavy (non-hydrogen) atoms. The van der Waals surface area contributed by atoms with Crippen LogP contribution in [-0.4, -0.2) is 28.2 Å². The van der Waals surface area contributed by atoms with Gasteiger partial charge in [0.1, 0.15) is 5.75 Å². The van der Waals surface area contributed by atoms with Gasteiger partial charge < -0.3 is 4.74 Å². The molecule has 0 bridgehead atoms. The molecule has 0 aliphatic rings. The van der Waals surface area contributed by atoms with Gasteiger partial charge in [0, 0.05) is 12.1 Å². The van der Waals surface area contributed by atoms with E-state index in [1.165, 1.54) is 5.56 Å². The number of aryl methyl sites for hydroxylation is 2. The van der Waals surface area contributed by atoms with Gasteiger partial charge in [0.25, 0.3) is 5.91 Å². The largest absolute Gasteiger partial charge is 0.484 e. The molecular weight excluding hydrogens is 392 g/mol. The number of carbonyl (C=O) groups is 2. The van der Waals surface area contributed by atoms with Gasteiger partial charge >= 0.3 is 0 Å². The zero-order chi connectivity index (χ0) is 22.2. The van der Waals surface area contributed by atoms with Crippen LogP contribution in [0.25, 0.3) is 5.69 Å². The van der Waals surface area contributed by atoms with Crippen molar-refractivity contribution in [2.24, 2.45) is 0 Å². The summed E-state index contributed by atoms with van der Waals surface area (Å²) >= 11 is 0. The maximum Gasteiger partial charge on any atom is 0.276 e. The fourth-order valence-corrected chi connectivity index (χ4v) is 3.30. The van der Waals surface area contributed by atoms with Crippen molar-refractivity contribution in [3.05, 3.63) is 77.1 Å². The Hall–Kier alpha value is -3.61. The predicted octanol–water partition coefficient (Wildman–Crippen LogP) is 3.21. The molecule has 0 unspecified atom stereocenters. The molecule has 0 radical (unpaired) electrons. The van der Waals surface area contributed by atoms with Crippen LogP contribution in [0.4, 0.5) is 0 Å². The molecule has 162 valence electrons. The SMILES string of the molecule is CCc1ccc(OCC(=O)NNC(=O)CCc2c(C)nn(-c3ccccc3)c2C)cc1. The van der Waals surface area contributed by atoms with Crippen LogP contribution in [0.3, 0.4) is 0 Å². The molecule has 3 rings (SSSR count). The Balaban J connectivity index is 1.45. The predicted molar refractivity (Wildman–Crippen MR) is 119 cm³/mol. The summed E-state index contributed by atoms with van der Waals surface area (Å²) in [5, 5.41) is 4.60. The Kier molecular flexibility index (Phi) is 7.43. The lowest BCUT2D eigenvalue weighted by Crippen LogP contribution is -2.43. The monoisotopic (exact) mass is 420 g/mol. The molecule has 2 aromatic carbocycles. The number of nitrogens with one attached hydrogen (secondary N) is 2. The molecule has 0 saturated heterocycles. The number of benzene rings is 2. The molecule has 7 heteroatoms. The van der Waals surface area contributed by atoms with Gasteiger partial charge in [-0.2, -0.15) is 5.10 Å². The molecule has 1 heterocycles. The Bertz CT molecular complexity index is 1030. The van der Waals surface area contributed by atoms with E-state index in [1.807, 2.05) is 73.1 Å². The average Bonchev–Trinajstić information content (AvgIpc) is 3.09. The van der Waals surface area contributed by atoms with Crippen molar-refractivity contribution < 1.29 is 14.3 Å². The third-order valence-corrected chi connectivity index (χ3v) is 5.09. The fraction of sp³-hybridized carbons (Fsp3) is 0.292. The summed E-state index contributed by atoms with van der Waals surface area (Å²) in [6.45, 7) is 5.83. The minimum Gasteiger partial charge on any atom is -0.484 e. The minimum atomic E-state index is -0.419. The van der Waals surface area contributed by atoms with Gasteiger partial charge in [-0.1, -0.05) is 37.3 Å². The number of aromatic nitrogens is 2. The fourth-order valence-electron chi connectivity index (χ4n) is 3.30. The second-order valence-corrected chi connectivity index (χ2v) is 7.28. The van der Waals surface area contributed by atoms with Crippen molar-refractivity contribution in [3.8, 4) is 11.4 Å². The topological polar surface area (TPSA) is 85.2 Å². The summed E-state index contributed by atoms with van der Waals surface area (Å²) in [5.41, 5.74) is 9.93. The van der Waals surface area contributed by atoms with Crippen LogP contribution < -0.4 is 15.6 Å². The van der Waals surface area contributed by atoms with Gasteiger partial charge in [0.05, 0.1) is 11.4 Å². The number of rotatable bonds is 8. The van der Waals surface area contributed by atoms with Crippen molar-refractivity contribution in [1.82, 2.24) is 20.6 Å². The zero-order valence-electron chi connectivity index (χ0n) is 18.1. The summed E-state index contributed by atoms with van der Waals surface area (Å²) in [6, 6.07) is 17.4. The molecule has 0 aliphatic heterocycles. The smallest absolute Gasteiger partial charge is 0.276 e. The first kappa shape index (κ1) is 22.1. The lowest BCUT2D eigenvalue weighted by Gasteiger charge is -2.09. The van der Waals surface area contributed by atoms with E-state index in [-0.39, 0.29) is 18.9 Å². The van der Waals surface area contributed by atoms with Crippen molar-refractivity contribution in [3.63, 3.8) is 0 Å².